The summed E-state index contributed by atoms with van der Waals surface area (Å²) in [6.07, 6.45) is -0.0783. The number of esters is 1. The third kappa shape index (κ3) is 3.91. The molecule has 0 atom stereocenters. The van der Waals surface area contributed by atoms with Gasteiger partial charge in [0.05, 0.1) is 24.8 Å². The summed E-state index contributed by atoms with van der Waals surface area (Å²) in [7, 11) is 1.26. The van der Waals surface area contributed by atoms with Crippen molar-refractivity contribution in [2.45, 2.75) is 20.3 Å². The van der Waals surface area contributed by atoms with E-state index < -0.39 is 5.97 Å². The van der Waals surface area contributed by atoms with Crippen molar-refractivity contribution in [1.82, 2.24) is 4.98 Å². The average molecular weight is 393 g/mol. The maximum absolute atomic E-state index is 12.3. The highest BCUT2D eigenvalue weighted by Crippen LogP contribution is 2.21. The first-order valence-electron chi connectivity index (χ1n) is 7.19. The number of benzene rings is 1. The van der Waals surface area contributed by atoms with Crippen LogP contribution in [0.5, 0.6) is 0 Å². The van der Waals surface area contributed by atoms with Crippen molar-refractivity contribution < 1.29 is 19.1 Å². The van der Waals surface area contributed by atoms with E-state index >= 15 is 0 Å². The van der Waals surface area contributed by atoms with Crippen LogP contribution in [0.1, 0.15) is 39.0 Å². The molecule has 0 radical (unpaired) electrons. The van der Waals surface area contributed by atoms with Gasteiger partial charge in [-0.05, 0) is 30.7 Å². The molecule has 1 aromatic heterocycles. The fourth-order valence-electron chi connectivity index (χ4n) is 2.45. The van der Waals surface area contributed by atoms with Crippen molar-refractivity contribution >= 4 is 39.3 Å². The molecule has 24 heavy (non-hydrogen) atoms. The predicted molar refractivity (Wildman–Crippen MR) is 93.3 cm³/mol. The number of amides is 1. The van der Waals surface area contributed by atoms with Crippen LogP contribution >= 0.6 is 15.9 Å². The van der Waals surface area contributed by atoms with Crippen LogP contribution < -0.4 is 5.32 Å². The number of hydrogen-bond acceptors (Lipinski definition) is 4. The number of Topliss-reactive ketones (excluding diaryl/α,β-unsaturated/α-hetero) is 1. The molecule has 2 aromatic rings. The van der Waals surface area contributed by atoms with Crippen molar-refractivity contribution in [3.8, 4) is 0 Å². The van der Waals surface area contributed by atoms with Gasteiger partial charge in [0, 0.05) is 22.8 Å². The monoisotopic (exact) mass is 392 g/mol. The molecule has 1 amide bonds. The Balaban J connectivity index is 2.28. The van der Waals surface area contributed by atoms with Gasteiger partial charge in [-0.1, -0.05) is 22.0 Å². The molecule has 0 spiro atoms. The van der Waals surface area contributed by atoms with Crippen molar-refractivity contribution in [2.75, 3.05) is 12.4 Å². The van der Waals surface area contributed by atoms with Crippen LogP contribution in [0.4, 0.5) is 5.69 Å². The van der Waals surface area contributed by atoms with E-state index in [1.807, 2.05) is 6.07 Å². The van der Waals surface area contributed by atoms with Gasteiger partial charge in [-0.3, -0.25) is 9.59 Å². The Kier molecular flexibility index (Phi) is 5.56. The molecule has 0 aliphatic carbocycles. The molecule has 0 aliphatic rings. The number of H-pyrrole nitrogens is 1. The van der Waals surface area contributed by atoms with E-state index in [0.717, 1.165) is 4.47 Å². The SMILES string of the molecule is COC(=O)c1c(CC(=O)Nc2cccc(Br)c2)[nH]c(C(C)=O)c1C. The number of methoxy groups -OCH3 is 1. The van der Waals surface area contributed by atoms with Crippen LogP contribution in [-0.2, 0) is 16.0 Å². The number of hydrogen-bond donors (Lipinski definition) is 2. The summed E-state index contributed by atoms with van der Waals surface area (Å²) in [5, 5.41) is 2.75. The van der Waals surface area contributed by atoms with E-state index in [0.29, 0.717) is 22.6 Å². The summed E-state index contributed by atoms with van der Waals surface area (Å²) < 4.78 is 5.60. The Hall–Kier alpha value is -2.41. The Morgan fingerprint density at radius 3 is 2.58 bits per heavy atom. The zero-order valence-corrected chi connectivity index (χ0v) is 15.1. The topological polar surface area (TPSA) is 88.3 Å². The molecule has 1 aromatic carbocycles. The van der Waals surface area contributed by atoms with Crippen LogP contribution in [0.25, 0.3) is 0 Å². The van der Waals surface area contributed by atoms with Gasteiger partial charge in [-0.25, -0.2) is 4.79 Å². The van der Waals surface area contributed by atoms with Crippen LogP contribution in [0, 0.1) is 6.92 Å². The van der Waals surface area contributed by atoms with Gasteiger partial charge in [-0.15, -0.1) is 0 Å². The van der Waals surface area contributed by atoms with E-state index in [2.05, 4.69) is 26.2 Å². The zero-order chi connectivity index (χ0) is 17.9. The summed E-state index contributed by atoms with van der Waals surface area (Å²) in [6.45, 7) is 3.04. The van der Waals surface area contributed by atoms with E-state index in [1.54, 1.807) is 25.1 Å². The van der Waals surface area contributed by atoms with Crippen LogP contribution in [-0.4, -0.2) is 29.8 Å². The number of ether oxygens (including phenoxy) is 1. The van der Waals surface area contributed by atoms with Gasteiger partial charge in [0.25, 0.3) is 0 Å². The highest BCUT2D eigenvalue weighted by Gasteiger charge is 2.24. The van der Waals surface area contributed by atoms with Gasteiger partial charge < -0.3 is 15.0 Å². The van der Waals surface area contributed by atoms with Crippen molar-refractivity contribution in [2.24, 2.45) is 0 Å². The minimum absolute atomic E-state index is 0.0783. The first-order valence-corrected chi connectivity index (χ1v) is 7.99. The Morgan fingerprint density at radius 1 is 1.29 bits per heavy atom. The largest absolute Gasteiger partial charge is 0.465 e. The lowest BCUT2D eigenvalue weighted by atomic mass is 10.1. The van der Waals surface area contributed by atoms with E-state index in [1.165, 1.54) is 14.0 Å². The standard InChI is InChI=1S/C17H17BrN2O4/c1-9-15(17(23)24-3)13(20-16(9)10(2)21)8-14(22)19-12-6-4-5-11(18)7-12/h4-7,20H,8H2,1-3H3,(H,19,22). The van der Waals surface area contributed by atoms with E-state index in [-0.39, 0.29) is 23.7 Å². The molecule has 0 unspecified atom stereocenters. The average Bonchev–Trinajstić information content (AvgIpc) is 2.83. The molecule has 0 bridgehead atoms. The minimum Gasteiger partial charge on any atom is -0.465 e. The zero-order valence-electron chi connectivity index (χ0n) is 13.5. The molecule has 0 saturated heterocycles. The van der Waals surface area contributed by atoms with Crippen molar-refractivity contribution in [3.05, 3.63) is 51.3 Å². The molecule has 0 fully saturated rings. The van der Waals surface area contributed by atoms with Gasteiger partial charge in [0.1, 0.15) is 0 Å². The fraction of sp³-hybridized carbons (Fsp3) is 0.235. The number of rotatable bonds is 5. The second kappa shape index (κ2) is 7.44. The Labute approximate surface area is 147 Å². The number of halogens is 1. The summed E-state index contributed by atoms with van der Waals surface area (Å²) in [5.74, 6) is -1.10. The van der Waals surface area contributed by atoms with Gasteiger partial charge >= 0.3 is 5.97 Å². The number of anilines is 1. The van der Waals surface area contributed by atoms with Gasteiger partial charge in [0.2, 0.25) is 5.91 Å². The Morgan fingerprint density at radius 2 is 2.00 bits per heavy atom. The second-order valence-electron chi connectivity index (χ2n) is 5.26. The third-order valence-corrected chi connectivity index (χ3v) is 4.01. The second-order valence-corrected chi connectivity index (χ2v) is 6.18. The fourth-order valence-corrected chi connectivity index (χ4v) is 2.85. The van der Waals surface area contributed by atoms with Crippen LogP contribution in [0.15, 0.2) is 28.7 Å². The first-order chi connectivity index (χ1) is 11.3. The van der Waals surface area contributed by atoms with Crippen molar-refractivity contribution in [3.63, 3.8) is 0 Å². The van der Waals surface area contributed by atoms with E-state index in [9.17, 15) is 14.4 Å². The number of carbonyl (C=O) groups is 3. The normalized spacial score (nSPS) is 10.3. The number of ketones is 1. The molecule has 0 aliphatic heterocycles. The molecule has 126 valence electrons. The maximum Gasteiger partial charge on any atom is 0.339 e. The summed E-state index contributed by atoms with van der Waals surface area (Å²) in [6, 6.07) is 7.16. The summed E-state index contributed by atoms with van der Waals surface area (Å²) in [4.78, 5) is 38.8. The Bertz CT molecular complexity index is 811. The van der Waals surface area contributed by atoms with Crippen LogP contribution in [0.2, 0.25) is 0 Å². The highest BCUT2D eigenvalue weighted by molar-refractivity contribution is 9.10. The predicted octanol–water partition coefficient (Wildman–Crippen LogP) is 3.26. The van der Waals surface area contributed by atoms with Crippen LogP contribution in [0.3, 0.4) is 0 Å². The molecular formula is C17H17BrN2O4. The molecular weight excluding hydrogens is 376 g/mol. The summed E-state index contributed by atoms with van der Waals surface area (Å²) >= 11 is 3.33. The molecule has 6 nitrogen and oxygen atoms in total. The lowest BCUT2D eigenvalue weighted by Gasteiger charge is -2.06. The lowest BCUT2D eigenvalue weighted by Crippen LogP contribution is -2.17. The molecule has 0 saturated carbocycles. The number of aromatic amines is 1. The quantitative estimate of drug-likeness (QED) is 0.603. The number of carbonyl (C=O) groups excluding carboxylic acids is 3. The van der Waals surface area contributed by atoms with Crippen molar-refractivity contribution in [1.29, 1.82) is 0 Å². The molecule has 2 N–H and O–H groups in total. The third-order valence-electron chi connectivity index (χ3n) is 3.51. The molecule has 2 rings (SSSR count). The molecule has 7 heteroatoms. The molecule has 1 heterocycles. The smallest absolute Gasteiger partial charge is 0.339 e. The van der Waals surface area contributed by atoms with E-state index in [4.69, 9.17) is 4.74 Å². The number of nitrogens with one attached hydrogen (secondary N) is 2. The minimum atomic E-state index is -0.582. The lowest BCUT2D eigenvalue weighted by molar-refractivity contribution is -0.115. The highest BCUT2D eigenvalue weighted by atomic mass is 79.9. The maximum atomic E-state index is 12.3. The summed E-state index contributed by atoms with van der Waals surface area (Å²) in [5.41, 5.74) is 2.01. The first kappa shape index (κ1) is 17.9. The number of aromatic nitrogens is 1. The van der Waals surface area contributed by atoms with Gasteiger partial charge in [-0.2, -0.15) is 0 Å². The van der Waals surface area contributed by atoms with Gasteiger partial charge in [0.15, 0.2) is 5.78 Å².